The number of carbonyl (C=O) groups excluding carboxylic acids is 2. The molecular weight excluding hydrogens is 424 g/mol. The van der Waals surface area contributed by atoms with Gasteiger partial charge in [-0.1, -0.05) is 54.6 Å². The van der Waals surface area contributed by atoms with Crippen LogP contribution in [0.2, 0.25) is 0 Å². The van der Waals surface area contributed by atoms with Gasteiger partial charge in [-0.3, -0.25) is 14.8 Å². The molecule has 0 fully saturated rings. The van der Waals surface area contributed by atoms with Crippen molar-refractivity contribution in [2.45, 2.75) is 5.92 Å². The molecule has 2 aromatic carbocycles. The molecule has 1 aromatic heterocycles. The third kappa shape index (κ3) is 4.77. The minimum Gasteiger partial charge on any atom is -0.478 e. The fourth-order valence-corrected chi connectivity index (χ4v) is 3.89. The average molecular weight is 446 g/mol. The molecule has 0 saturated carbocycles. The van der Waals surface area contributed by atoms with Gasteiger partial charge in [-0.25, -0.2) is 9.59 Å². The molecule has 0 bridgehead atoms. The Morgan fingerprint density at radius 2 is 1.73 bits per heavy atom. The number of fused-ring (bicyclic) bond motifs is 3. The van der Waals surface area contributed by atoms with Crippen LogP contribution in [0.15, 0.2) is 66.9 Å². The van der Waals surface area contributed by atoms with Crippen LogP contribution in [0, 0.1) is 0 Å². The summed E-state index contributed by atoms with van der Waals surface area (Å²) in [6, 6.07) is 16.1. The number of nitrogens with zero attached hydrogens (tertiary/aromatic N) is 2. The average Bonchev–Trinajstić information content (AvgIpc) is 3.32. The van der Waals surface area contributed by atoms with Crippen molar-refractivity contribution < 1.29 is 24.2 Å². The normalized spacial score (nSPS) is 12.3. The highest BCUT2D eigenvalue weighted by molar-refractivity contribution is 6.01. The van der Waals surface area contributed by atoms with E-state index in [0.717, 1.165) is 28.3 Å². The molecule has 0 atom stereocenters. The number of benzene rings is 2. The van der Waals surface area contributed by atoms with E-state index < -0.39 is 18.0 Å². The lowest BCUT2D eigenvalue weighted by Gasteiger charge is -2.14. The fraction of sp³-hybridized carbons (Fsp3) is 0.167. The van der Waals surface area contributed by atoms with Gasteiger partial charge >= 0.3 is 12.1 Å². The van der Waals surface area contributed by atoms with Crippen LogP contribution in [0.3, 0.4) is 0 Å². The Morgan fingerprint density at radius 1 is 1.09 bits per heavy atom. The number of hydrogen-bond donors (Lipinski definition) is 3. The van der Waals surface area contributed by atoms with Crippen LogP contribution >= 0.6 is 0 Å². The molecule has 33 heavy (non-hydrogen) atoms. The quantitative estimate of drug-likeness (QED) is 0.479. The first-order valence-electron chi connectivity index (χ1n) is 10.3. The van der Waals surface area contributed by atoms with Gasteiger partial charge in [0.15, 0.2) is 5.69 Å². The number of aromatic nitrogens is 2. The van der Waals surface area contributed by atoms with Gasteiger partial charge in [-0.15, -0.1) is 0 Å². The summed E-state index contributed by atoms with van der Waals surface area (Å²) < 4.78 is 6.91. The van der Waals surface area contributed by atoms with Crippen molar-refractivity contribution in [1.82, 2.24) is 15.1 Å². The summed E-state index contributed by atoms with van der Waals surface area (Å²) in [5, 5.41) is 17.8. The Bertz CT molecular complexity index is 1200. The van der Waals surface area contributed by atoms with Gasteiger partial charge in [0.05, 0.1) is 5.69 Å². The highest BCUT2D eigenvalue weighted by atomic mass is 16.5. The maximum Gasteiger partial charge on any atom is 0.411 e. The zero-order valence-corrected chi connectivity index (χ0v) is 17.8. The third-order valence-corrected chi connectivity index (χ3v) is 5.27. The van der Waals surface area contributed by atoms with Crippen LogP contribution in [0.4, 0.5) is 10.5 Å². The number of aryl methyl sites for hydroxylation is 1. The Balaban J connectivity index is 1.41. The standard InChI is InChI=1S/C24H22N4O5/c1-28-13-20(22(27-28)23(31)25-12-6-11-21(29)30)26-24(32)33-14-19-17-9-4-2-7-15(17)16-8-3-5-10-18(16)19/h2-11,13,19H,12,14H2,1H3,(H,25,31)(H,26,32)(H,29,30)/b11-6+. The number of carboxylic acids is 1. The molecular formula is C24H22N4O5. The number of rotatable bonds is 7. The van der Waals surface area contributed by atoms with Crippen molar-refractivity contribution in [2.24, 2.45) is 7.05 Å². The van der Waals surface area contributed by atoms with Crippen LogP contribution in [0.25, 0.3) is 11.1 Å². The van der Waals surface area contributed by atoms with Crippen LogP contribution in [-0.4, -0.2) is 46.0 Å². The molecule has 1 aliphatic rings. The molecule has 1 heterocycles. The summed E-state index contributed by atoms with van der Waals surface area (Å²) >= 11 is 0. The van der Waals surface area contributed by atoms with Crippen molar-refractivity contribution in [2.75, 3.05) is 18.5 Å². The minimum absolute atomic E-state index is 0.00488. The predicted molar refractivity (Wildman–Crippen MR) is 121 cm³/mol. The molecule has 3 N–H and O–H groups in total. The van der Waals surface area contributed by atoms with Gasteiger partial charge in [0.1, 0.15) is 6.61 Å². The Labute approximate surface area is 189 Å². The number of aliphatic carboxylic acids is 1. The highest BCUT2D eigenvalue weighted by Crippen LogP contribution is 2.44. The van der Waals surface area contributed by atoms with Gasteiger partial charge in [0.25, 0.3) is 5.91 Å². The Hall–Kier alpha value is -4.40. The Kier molecular flexibility index (Phi) is 6.21. The zero-order chi connectivity index (χ0) is 23.4. The molecule has 168 valence electrons. The molecule has 0 unspecified atom stereocenters. The molecule has 1 aliphatic carbocycles. The van der Waals surface area contributed by atoms with E-state index in [1.54, 1.807) is 7.05 Å². The SMILES string of the molecule is Cn1cc(NC(=O)OCC2c3ccccc3-c3ccccc32)c(C(=O)NC/C=C/C(=O)O)n1. The van der Waals surface area contributed by atoms with Gasteiger partial charge in [0.2, 0.25) is 0 Å². The lowest BCUT2D eigenvalue weighted by molar-refractivity contribution is -0.131. The van der Waals surface area contributed by atoms with Crippen LogP contribution in [-0.2, 0) is 16.6 Å². The summed E-state index contributed by atoms with van der Waals surface area (Å²) in [5.41, 5.74) is 4.64. The van der Waals surface area contributed by atoms with E-state index in [4.69, 9.17) is 9.84 Å². The van der Waals surface area contributed by atoms with Crippen LogP contribution in [0.5, 0.6) is 0 Å². The second-order valence-electron chi connectivity index (χ2n) is 7.47. The summed E-state index contributed by atoms with van der Waals surface area (Å²) in [5.74, 6) is -1.75. The van der Waals surface area contributed by atoms with E-state index in [0.29, 0.717) is 0 Å². The highest BCUT2D eigenvalue weighted by Gasteiger charge is 2.29. The number of carbonyl (C=O) groups is 3. The molecule has 0 saturated heterocycles. The van der Waals surface area contributed by atoms with E-state index in [9.17, 15) is 14.4 Å². The van der Waals surface area contributed by atoms with Crippen molar-refractivity contribution in [3.8, 4) is 11.1 Å². The molecule has 0 spiro atoms. The van der Waals surface area contributed by atoms with E-state index in [-0.39, 0.29) is 30.5 Å². The van der Waals surface area contributed by atoms with Crippen molar-refractivity contribution >= 4 is 23.7 Å². The molecule has 2 amide bonds. The largest absolute Gasteiger partial charge is 0.478 e. The van der Waals surface area contributed by atoms with Gasteiger partial charge in [-0.05, 0) is 22.3 Å². The summed E-state index contributed by atoms with van der Waals surface area (Å²) in [4.78, 5) is 35.4. The van der Waals surface area contributed by atoms with Crippen LogP contribution < -0.4 is 10.6 Å². The first-order chi connectivity index (χ1) is 15.9. The minimum atomic E-state index is -1.11. The first-order valence-corrected chi connectivity index (χ1v) is 10.3. The monoisotopic (exact) mass is 446 g/mol. The fourth-order valence-electron chi connectivity index (χ4n) is 3.89. The smallest absolute Gasteiger partial charge is 0.411 e. The summed E-state index contributed by atoms with van der Waals surface area (Å²) in [6.45, 7) is 0.147. The number of anilines is 1. The van der Waals surface area contributed by atoms with E-state index >= 15 is 0 Å². The topological polar surface area (TPSA) is 123 Å². The number of carboxylic acid groups (broad SMARTS) is 1. The van der Waals surface area contributed by atoms with Crippen molar-refractivity contribution in [1.29, 1.82) is 0 Å². The lowest BCUT2D eigenvalue weighted by Crippen LogP contribution is -2.26. The zero-order valence-electron chi connectivity index (χ0n) is 17.8. The van der Waals surface area contributed by atoms with Gasteiger partial charge in [0, 0.05) is 31.8 Å². The number of ether oxygens (including phenoxy) is 1. The third-order valence-electron chi connectivity index (χ3n) is 5.27. The molecule has 0 radical (unpaired) electrons. The van der Waals surface area contributed by atoms with E-state index in [1.165, 1.54) is 17.0 Å². The lowest BCUT2D eigenvalue weighted by atomic mass is 9.98. The maximum atomic E-state index is 12.5. The molecule has 9 nitrogen and oxygen atoms in total. The second-order valence-corrected chi connectivity index (χ2v) is 7.47. The van der Waals surface area contributed by atoms with Crippen LogP contribution in [0.1, 0.15) is 27.5 Å². The summed E-state index contributed by atoms with van der Waals surface area (Å²) in [6.07, 6.45) is 3.00. The predicted octanol–water partition coefficient (Wildman–Crippen LogP) is 3.15. The first kappa shape index (κ1) is 21.8. The molecule has 3 aromatic rings. The van der Waals surface area contributed by atoms with E-state index in [2.05, 4.69) is 27.9 Å². The van der Waals surface area contributed by atoms with Gasteiger partial charge in [-0.2, -0.15) is 5.10 Å². The summed E-state index contributed by atoms with van der Waals surface area (Å²) in [7, 11) is 1.62. The number of amides is 2. The van der Waals surface area contributed by atoms with Crippen molar-refractivity contribution in [3.63, 3.8) is 0 Å². The molecule has 4 rings (SSSR count). The maximum absolute atomic E-state index is 12.5. The van der Waals surface area contributed by atoms with Crippen molar-refractivity contribution in [3.05, 3.63) is 83.7 Å². The van der Waals surface area contributed by atoms with E-state index in [1.807, 2.05) is 36.4 Å². The Morgan fingerprint density at radius 3 is 2.36 bits per heavy atom. The molecule has 9 heteroatoms. The number of nitrogens with one attached hydrogen (secondary N) is 2. The molecule has 0 aliphatic heterocycles. The van der Waals surface area contributed by atoms with Gasteiger partial charge < -0.3 is 15.2 Å². The second kappa shape index (κ2) is 9.39. The number of hydrogen-bond acceptors (Lipinski definition) is 5.